The maximum absolute atomic E-state index is 10.0. The van der Waals surface area contributed by atoms with Gasteiger partial charge in [0.25, 0.3) is 0 Å². The first-order chi connectivity index (χ1) is 4.66. The molecule has 1 atom stereocenters. The third-order valence-corrected chi connectivity index (χ3v) is 0.952. The van der Waals surface area contributed by atoms with Gasteiger partial charge in [0.15, 0.2) is 6.29 Å². The van der Waals surface area contributed by atoms with Crippen molar-refractivity contribution >= 4 is 6.29 Å². The summed E-state index contributed by atoms with van der Waals surface area (Å²) in [6.07, 6.45) is 0.409. The predicted molar refractivity (Wildman–Crippen MR) is 39.5 cm³/mol. The lowest BCUT2D eigenvalue weighted by molar-refractivity contribution is -0.122. The second-order valence-electron chi connectivity index (χ2n) is 2.70. The van der Waals surface area contributed by atoms with Crippen LogP contribution in [-0.2, 0) is 9.63 Å². The van der Waals surface area contributed by atoms with Gasteiger partial charge in [-0.25, -0.2) is 5.48 Å². The Hall–Kier alpha value is -0.410. The van der Waals surface area contributed by atoms with Gasteiger partial charge in [-0.15, -0.1) is 0 Å². The van der Waals surface area contributed by atoms with Crippen LogP contribution in [0.5, 0.6) is 0 Å². The van der Waals surface area contributed by atoms with E-state index in [1.165, 1.54) is 0 Å². The van der Waals surface area contributed by atoms with Gasteiger partial charge in [0, 0.05) is 6.54 Å². The second kappa shape index (κ2) is 5.38. The molecule has 0 aromatic rings. The normalized spacial score (nSPS) is 13.6. The number of hydrogen-bond donors (Lipinski definition) is 1. The van der Waals surface area contributed by atoms with Crippen molar-refractivity contribution < 1.29 is 9.63 Å². The molecule has 0 aliphatic rings. The summed E-state index contributed by atoms with van der Waals surface area (Å²) in [5, 5.41) is 0. The van der Waals surface area contributed by atoms with Gasteiger partial charge < -0.3 is 4.79 Å². The quantitative estimate of drug-likeness (QED) is 0.458. The summed E-state index contributed by atoms with van der Waals surface area (Å²) < 4.78 is 0. The van der Waals surface area contributed by atoms with E-state index < -0.39 is 0 Å². The third-order valence-electron chi connectivity index (χ3n) is 0.952. The van der Waals surface area contributed by atoms with Crippen LogP contribution in [0.25, 0.3) is 0 Å². The molecule has 3 nitrogen and oxygen atoms in total. The van der Waals surface area contributed by atoms with Crippen molar-refractivity contribution in [1.82, 2.24) is 5.48 Å². The zero-order valence-electron chi connectivity index (χ0n) is 6.76. The third kappa shape index (κ3) is 5.72. The highest BCUT2D eigenvalue weighted by Gasteiger charge is 1.98. The Labute approximate surface area is 61.7 Å². The monoisotopic (exact) mass is 145 g/mol. The Balaban J connectivity index is 3.11. The average Bonchev–Trinajstić information content (AvgIpc) is 1.87. The van der Waals surface area contributed by atoms with Gasteiger partial charge >= 0.3 is 0 Å². The highest BCUT2D eigenvalue weighted by atomic mass is 16.7. The first-order valence-electron chi connectivity index (χ1n) is 3.50. The molecule has 0 saturated heterocycles. The Morgan fingerprint density at radius 1 is 1.50 bits per heavy atom. The van der Waals surface area contributed by atoms with E-state index in [0.29, 0.717) is 5.92 Å². The van der Waals surface area contributed by atoms with Gasteiger partial charge in [-0.1, -0.05) is 13.8 Å². The van der Waals surface area contributed by atoms with Crippen molar-refractivity contribution in [2.45, 2.75) is 26.9 Å². The molecule has 0 fully saturated rings. The number of aldehydes is 1. The van der Waals surface area contributed by atoms with E-state index in [-0.39, 0.29) is 6.10 Å². The van der Waals surface area contributed by atoms with E-state index in [4.69, 9.17) is 4.84 Å². The molecule has 0 rings (SSSR count). The first kappa shape index (κ1) is 9.59. The fraction of sp³-hybridized carbons (Fsp3) is 0.857. The smallest absolute Gasteiger partial charge is 0.150 e. The molecule has 0 aliphatic carbocycles. The van der Waals surface area contributed by atoms with Crippen molar-refractivity contribution in [1.29, 1.82) is 0 Å². The standard InChI is InChI=1S/C7H15NO2/c1-6(2)4-8-10-7(3)5-9/h5-8H,4H2,1-3H3. The largest absolute Gasteiger partial charge is 0.300 e. The van der Waals surface area contributed by atoms with Gasteiger partial charge in [-0.05, 0) is 12.8 Å². The maximum Gasteiger partial charge on any atom is 0.150 e. The van der Waals surface area contributed by atoms with Gasteiger partial charge in [0.1, 0.15) is 6.10 Å². The molecule has 0 radical (unpaired) electrons. The summed E-state index contributed by atoms with van der Waals surface area (Å²) in [5.74, 6) is 0.541. The lowest BCUT2D eigenvalue weighted by atomic mass is 10.2. The minimum Gasteiger partial charge on any atom is -0.300 e. The fourth-order valence-electron chi connectivity index (χ4n) is 0.374. The second-order valence-corrected chi connectivity index (χ2v) is 2.70. The highest BCUT2D eigenvalue weighted by Crippen LogP contribution is 1.88. The van der Waals surface area contributed by atoms with Crippen molar-refractivity contribution in [2.24, 2.45) is 5.92 Å². The Kier molecular flexibility index (Phi) is 5.16. The van der Waals surface area contributed by atoms with Gasteiger partial charge in [0.05, 0.1) is 0 Å². The molecule has 0 aromatic carbocycles. The minimum atomic E-state index is -0.348. The zero-order chi connectivity index (χ0) is 7.98. The molecule has 0 bridgehead atoms. The molecule has 0 aliphatic heterocycles. The summed E-state index contributed by atoms with van der Waals surface area (Å²) in [5.41, 5.74) is 2.70. The molecule has 1 unspecified atom stereocenters. The molecule has 0 heterocycles. The number of carbonyl (C=O) groups is 1. The van der Waals surface area contributed by atoms with Crippen molar-refractivity contribution in [3.63, 3.8) is 0 Å². The van der Waals surface area contributed by atoms with Crippen molar-refractivity contribution in [3.05, 3.63) is 0 Å². The molecular formula is C7H15NO2. The zero-order valence-corrected chi connectivity index (χ0v) is 6.76. The van der Waals surface area contributed by atoms with Crippen molar-refractivity contribution in [2.75, 3.05) is 6.54 Å². The number of hydroxylamine groups is 1. The Morgan fingerprint density at radius 3 is 2.50 bits per heavy atom. The van der Waals surface area contributed by atoms with Crippen LogP contribution in [0.4, 0.5) is 0 Å². The summed E-state index contributed by atoms with van der Waals surface area (Å²) in [7, 11) is 0. The molecule has 0 spiro atoms. The average molecular weight is 145 g/mol. The van der Waals surface area contributed by atoms with E-state index in [0.717, 1.165) is 12.8 Å². The van der Waals surface area contributed by atoms with Gasteiger partial charge in [0.2, 0.25) is 0 Å². The lowest BCUT2D eigenvalue weighted by Crippen LogP contribution is -2.25. The highest BCUT2D eigenvalue weighted by molar-refractivity contribution is 5.54. The van der Waals surface area contributed by atoms with Crippen molar-refractivity contribution in [3.8, 4) is 0 Å². The predicted octanol–water partition coefficient (Wildman–Crippen LogP) is 0.751. The van der Waals surface area contributed by atoms with E-state index in [1.54, 1.807) is 6.92 Å². The summed E-state index contributed by atoms with van der Waals surface area (Å²) in [6.45, 7) is 6.61. The molecular weight excluding hydrogens is 130 g/mol. The van der Waals surface area contributed by atoms with Crippen LogP contribution in [0.3, 0.4) is 0 Å². The Bertz CT molecular complexity index is 93.6. The van der Waals surface area contributed by atoms with E-state index in [2.05, 4.69) is 19.3 Å². The lowest BCUT2D eigenvalue weighted by Gasteiger charge is -2.08. The number of rotatable bonds is 5. The molecule has 3 heteroatoms. The summed E-state index contributed by atoms with van der Waals surface area (Å²) in [6, 6.07) is 0. The molecule has 0 aromatic heterocycles. The molecule has 0 amide bonds. The number of nitrogens with one attached hydrogen (secondary N) is 1. The number of carbonyl (C=O) groups excluding carboxylic acids is 1. The molecule has 10 heavy (non-hydrogen) atoms. The Morgan fingerprint density at radius 2 is 2.10 bits per heavy atom. The van der Waals surface area contributed by atoms with Crippen LogP contribution in [-0.4, -0.2) is 18.9 Å². The van der Waals surface area contributed by atoms with Crippen LogP contribution >= 0.6 is 0 Å². The van der Waals surface area contributed by atoms with Crippen LogP contribution in [0.1, 0.15) is 20.8 Å². The number of hydrogen-bond acceptors (Lipinski definition) is 3. The first-order valence-corrected chi connectivity index (χ1v) is 3.50. The topological polar surface area (TPSA) is 38.3 Å². The van der Waals surface area contributed by atoms with E-state index in [1.807, 2.05) is 0 Å². The van der Waals surface area contributed by atoms with E-state index >= 15 is 0 Å². The maximum atomic E-state index is 10.0. The van der Waals surface area contributed by atoms with E-state index in [9.17, 15) is 4.79 Å². The van der Waals surface area contributed by atoms with Gasteiger partial charge in [-0.3, -0.25) is 4.84 Å². The summed E-state index contributed by atoms with van der Waals surface area (Å²) >= 11 is 0. The van der Waals surface area contributed by atoms with Crippen LogP contribution in [0, 0.1) is 5.92 Å². The molecule has 60 valence electrons. The van der Waals surface area contributed by atoms with Gasteiger partial charge in [-0.2, -0.15) is 0 Å². The SMILES string of the molecule is CC(C)CNOC(C)C=O. The minimum absolute atomic E-state index is 0.348. The molecule has 0 saturated carbocycles. The van der Waals surface area contributed by atoms with Crippen LogP contribution < -0.4 is 5.48 Å². The van der Waals surface area contributed by atoms with Crippen LogP contribution in [0.15, 0.2) is 0 Å². The summed E-state index contributed by atoms with van der Waals surface area (Å²) in [4.78, 5) is 14.9. The molecule has 1 N–H and O–H groups in total. The van der Waals surface area contributed by atoms with Crippen LogP contribution in [0.2, 0.25) is 0 Å². The fourth-order valence-corrected chi connectivity index (χ4v) is 0.374.